The topological polar surface area (TPSA) is 17.1 Å². The molecule has 0 aliphatic heterocycles. The maximum absolute atomic E-state index is 10.4. The van der Waals surface area contributed by atoms with Gasteiger partial charge in [0.25, 0.3) is 0 Å². The Morgan fingerprint density at radius 3 is 2.30 bits per heavy atom. The molecule has 0 aliphatic carbocycles. The maximum Gasteiger partial charge on any atom is 0.123 e. The van der Waals surface area contributed by atoms with Gasteiger partial charge in [-0.25, -0.2) is 0 Å². The number of carbonyl (C=O) groups is 1. The number of hydrogen-bond acceptors (Lipinski definition) is 1. The molecule has 1 nitrogen and oxygen atoms in total. The number of hydrogen-bond donors (Lipinski definition) is 0. The molecule has 0 amide bonds. The monoisotopic (exact) mass is 142 g/mol. The quantitative estimate of drug-likeness (QED) is 0.521. The van der Waals surface area contributed by atoms with Crippen molar-refractivity contribution in [3.8, 4) is 0 Å². The summed E-state index contributed by atoms with van der Waals surface area (Å²) in [6, 6.07) is 0. The number of rotatable bonds is 6. The molecule has 0 unspecified atom stereocenters. The van der Waals surface area contributed by atoms with Gasteiger partial charge >= 0.3 is 0 Å². The van der Waals surface area contributed by atoms with Crippen molar-refractivity contribution < 1.29 is 4.79 Å². The molecule has 0 aromatic heterocycles. The minimum atomic E-state index is 0.338. The van der Waals surface area contributed by atoms with Crippen LogP contribution in [0.5, 0.6) is 0 Å². The third-order valence-electron chi connectivity index (χ3n) is 1.78. The summed E-state index contributed by atoms with van der Waals surface area (Å²) in [4.78, 5) is 10.4. The first kappa shape index (κ1) is 9.67. The van der Waals surface area contributed by atoms with E-state index in [1.165, 1.54) is 12.8 Å². The highest BCUT2D eigenvalue weighted by Crippen LogP contribution is 2.11. The Morgan fingerprint density at radius 2 is 1.90 bits per heavy atom. The van der Waals surface area contributed by atoms with Crippen LogP contribution in [0.3, 0.4) is 0 Å². The van der Waals surface area contributed by atoms with Crippen molar-refractivity contribution in [2.24, 2.45) is 5.92 Å². The predicted octanol–water partition coefficient (Wildman–Crippen LogP) is 2.79. The summed E-state index contributed by atoms with van der Waals surface area (Å²) >= 11 is 0. The van der Waals surface area contributed by atoms with Crippen LogP contribution in [-0.4, -0.2) is 6.29 Å². The van der Waals surface area contributed by atoms with Crippen LogP contribution in [0.15, 0.2) is 0 Å². The second kappa shape index (κ2) is 6.79. The minimum absolute atomic E-state index is 0.338. The molecule has 0 spiro atoms. The molecule has 0 radical (unpaired) electrons. The van der Waals surface area contributed by atoms with Crippen molar-refractivity contribution in [2.45, 2.75) is 46.0 Å². The Hall–Kier alpha value is -0.330. The van der Waals surface area contributed by atoms with E-state index >= 15 is 0 Å². The van der Waals surface area contributed by atoms with E-state index in [9.17, 15) is 4.79 Å². The first-order valence-corrected chi connectivity index (χ1v) is 4.30. The summed E-state index contributed by atoms with van der Waals surface area (Å²) in [6.07, 6.45) is 6.81. The molecule has 0 aromatic rings. The summed E-state index contributed by atoms with van der Waals surface area (Å²) in [5, 5.41) is 0. The van der Waals surface area contributed by atoms with Gasteiger partial charge in [0.2, 0.25) is 0 Å². The normalized spacial score (nSPS) is 13.0. The van der Waals surface area contributed by atoms with Crippen LogP contribution in [0.25, 0.3) is 0 Å². The summed E-state index contributed by atoms with van der Waals surface area (Å²) in [5.41, 5.74) is 0. The number of aldehydes is 1. The number of unbranched alkanes of at least 4 members (excludes halogenated alkanes) is 1. The lowest BCUT2D eigenvalue weighted by molar-refractivity contribution is -0.111. The van der Waals surface area contributed by atoms with Gasteiger partial charge in [-0.3, -0.25) is 0 Å². The SMILES string of the molecule is CCCC[C@@H](C=O)CCC. The van der Waals surface area contributed by atoms with Gasteiger partial charge in [0.15, 0.2) is 0 Å². The molecule has 0 bridgehead atoms. The Kier molecular flexibility index (Phi) is 6.56. The molecule has 1 heteroatoms. The Balaban J connectivity index is 3.29. The molecule has 0 aliphatic rings. The van der Waals surface area contributed by atoms with Crippen LogP contribution >= 0.6 is 0 Å². The van der Waals surface area contributed by atoms with E-state index in [-0.39, 0.29) is 0 Å². The fourth-order valence-electron chi connectivity index (χ4n) is 1.12. The molecular weight excluding hydrogens is 124 g/mol. The molecule has 10 heavy (non-hydrogen) atoms. The zero-order valence-corrected chi connectivity index (χ0v) is 7.10. The van der Waals surface area contributed by atoms with Gasteiger partial charge in [-0.1, -0.05) is 33.1 Å². The van der Waals surface area contributed by atoms with E-state index in [4.69, 9.17) is 0 Å². The first-order chi connectivity index (χ1) is 4.85. The van der Waals surface area contributed by atoms with Crippen molar-refractivity contribution in [1.29, 1.82) is 0 Å². The predicted molar refractivity (Wildman–Crippen MR) is 44.0 cm³/mol. The number of carbonyl (C=O) groups excluding carboxylic acids is 1. The second-order valence-corrected chi connectivity index (χ2v) is 2.83. The third kappa shape index (κ3) is 4.54. The highest BCUT2D eigenvalue weighted by atomic mass is 16.1. The minimum Gasteiger partial charge on any atom is -0.303 e. The average Bonchev–Trinajstić information content (AvgIpc) is 1.98. The Labute approximate surface area is 63.8 Å². The van der Waals surface area contributed by atoms with E-state index in [0.29, 0.717) is 5.92 Å². The summed E-state index contributed by atoms with van der Waals surface area (Å²) < 4.78 is 0. The molecule has 0 heterocycles. The fraction of sp³-hybridized carbons (Fsp3) is 0.889. The van der Waals surface area contributed by atoms with Crippen LogP contribution < -0.4 is 0 Å². The molecule has 60 valence electrons. The lowest BCUT2D eigenvalue weighted by Gasteiger charge is -2.05. The van der Waals surface area contributed by atoms with Gasteiger partial charge in [-0.2, -0.15) is 0 Å². The van der Waals surface area contributed by atoms with E-state index in [1.807, 2.05) is 0 Å². The van der Waals surface area contributed by atoms with Crippen LogP contribution in [0, 0.1) is 5.92 Å². The third-order valence-corrected chi connectivity index (χ3v) is 1.78. The zero-order chi connectivity index (χ0) is 7.82. The Morgan fingerprint density at radius 1 is 1.20 bits per heavy atom. The lowest BCUT2D eigenvalue weighted by atomic mass is 9.99. The van der Waals surface area contributed by atoms with E-state index in [2.05, 4.69) is 13.8 Å². The van der Waals surface area contributed by atoms with Crippen molar-refractivity contribution in [3.05, 3.63) is 0 Å². The van der Waals surface area contributed by atoms with Crippen LogP contribution in [0.4, 0.5) is 0 Å². The molecule has 0 rings (SSSR count). The van der Waals surface area contributed by atoms with E-state index in [0.717, 1.165) is 25.5 Å². The van der Waals surface area contributed by atoms with Gasteiger partial charge < -0.3 is 4.79 Å². The molecular formula is C9H18O. The Bertz CT molecular complexity index is 78.8. The van der Waals surface area contributed by atoms with Gasteiger partial charge in [0, 0.05) is 5.92 Å². The van der Waals surface area contributed by atoms with Gasteiger partial charge in [-0.05, 0) is 12.8 Å². The highest BCUT2D eigenvalue weighted by molar-refractivity contribution is 5.53. The summed E-state index contributed by atoms with van der Waals surface area (Å²) in [7, 11) is 0. The van der Waals surface area contributed by atoms with E-state index in [1.54, 1.807) is 0 Å². The summed E-state index contributed by atoms with van der Waals surface area (Å²) in [6.45, 7) is 4.29. The van der Waals surface area contributed by atoms with Crippen molar-refractivity contribution in [2.75, 3.05) is 0 Å². The van der Waals surface area contributed by atoms with Crippen LogP contribution in [0.1, 0.15) is 46.0 Å². The van der Waals surface area contributed by atoms with Gasteiger partial charge in [0.1, 0.15) is 6.29 Å². The molecule has 1 atom stereocenters. The molecule has 0 fully saturated rings. The largest absolute Gasteiger partial charge is 0.303 e. The van der Waals surface area contributed by atoms with Gasteiger partial charge in [-0.15, -0.1) is 0 Å². The average molecular weight is 142 g/mol. The van der Waals surface area contributed by atoms with Crippen molar-refractivity contribution >= 4 is 6.29 Å². The summed E-state index contributed by atoms with van der Waals surface area (Å²) in [5.74, 6) is 0.338. The second-order valence-electron chi connectivity index (χ2n) is 2.83. The standard InChI is InChI=1S/C9H18O/c1-3-5-7-9(8-10)6-4-2/h8-9H,3-7H2,1-2H3/t9-/m0/s1. The van der Waals surface area contributed by atoms with Crippen molar-refractivity contribution in [3.63, 3.8) is 0 Å². The van der Waals surface area contributed by atoms with Crippen LogP contribution in [0.2, 0.25) is 0 Å². The lowest BCUT2D eigenvalue weighted by Crippen LogP contribution is -2.00. The molecule has 0 saturated heterocycles. The van der Waals surface area contributed by atoms with E-state index < -0.39 is 0 Å². The molecule has 0 saturated carbocycles. The first-order valence-electron chi connectivity index (χ1n) is 4.30. The van der Waals surface area contributed by atoms with Crippen LogP contribution in [-0.2, 0) is 4.79 Å². The zero-order valence-electron chi connectivity index (χ0n) is 7.10. The van der Waals surface area contributed by atoms with Gasteiger partial charge in [0.05, 0.1) is 0 Å². The molecule has 0 N–H and O–H groups in total. The smallest absolute Gasteiger partial charge is 0.123 e. The highest BCUT2D eigenvalue weighted by Gasteiger charge is 2.03. The molecule has 0 aromatic carbocycles. The fourth-order valence-corrected chi connectivity index (χ4v) is 1.12. The maximum atomic E-state index is 10.4. The van der Waals surface area contributed by atoms with Crippen molar-refractivity contribution in [1.82, 2.24) is 0 Å².